The zero-order chi connectivity index (χ0) is 19.1. The fraction of sp³-hybridized carbons (Fsp3) is 0.550. The van der Waals surface area contributed by atoms with E-state index in [0.717, 1.165) is 37.7 Å². The monoisotopic (exact) mass is 500 g/mol. The van der Waals surface area contributed by atoms with Crippen molar-refractivity contribution >= 4 is 29.9 Å². The van der Waals surface area contributed by atoms with Gasteiger partial charge in [-0.1, -0.05) is 31.4 Å². The number of nitrogens with one attached hydrogen (secondary N) is 2. The molecule has 2 N–H and O–H groups in total. The molecule has 3 rings (SSSR count). The highest BCUT2D eigenvalue weighted by atomic mass is 127. The van der Waals surface area contributed by atoms with Crippen LogP contribution in [-0.4, -0.2) is 33.8 Å². The van der Waals surface area contributed by atoms with Crippen LogP contribution in [0.4, 0.5) is 4.39 Å². The highest BCUT2D eigenvalue weighted by Gasteiger charge is 2.34. The van der Waals surface area contributed by atoms with Crippen molar-refractivity contribution in [1.29, 1.82) is 0 Å². The second-order valence-electron chi connectivity index (χ2n) is 7.20. The average molecular weight is 500 g/mol. The van der Waals surface area contributed by atoms with Crippen LogP contribution >= 0.6 is 24.0 Å². The Kier molecular flexibility index (Phi) is 8.65. The lowest BCUT2D eigenvalue weighted by molar-refractivity contribution is 0.291. The van der Waals surface area contributed by atoms with Gasteiger partial charge in [0.05, 0.1) is 0 Å². The fourth-order valence-corrected chi connectivity index (χ4v) is 3.81. The largest absolute Gasteiger partial charge is 0.357 e. The maximum absolute atomic E-state index is 13.4. The van der Waals surface area contributed by atoms with Crippen LogP contribution < -0.4 is 10.6 Å². The van der Waals surface area contributed by atoms with E-state index in [9.17, 15) is 4.39 Å². The van der Waals surface area contributed by atoms with Gasteiger partial charge < -0.3 is 10.6 Å². The third-order valence-electron chi connectivity index (χ3n) is 5.39. The van der Waals surface area contributed by atoms with Gasteiger partial charge >= 0.3 is 0 Å². The quantitative estimate of drug-likeness (QED) is 0.362. The number of aryl methyl sites for hydroxylation is 1. The molecule has 1 heterocycles. The van der Waals surface area contributed by atoms with Gasteiger partial charge in [0.15, 0.2) is 5.96 Å². The summed E-state index contributed by atoms with van der Waals surface area (Å²) in [7, 11) is 1.86. The Labute approximate surface area is 183 Å². The normalized spacial score (nSPS) is 16.3. The average Bonchev–Trinajstić information content (AvgIpc) is 3.10. The standard InChI is InChI=1S/C20H29FN6.HI/c1-3-22-19(23-13-18-25-15-26-27(18)2)24-14-20(11-5-4-6-12-20)16-7-9-17(21)10-8-16;/h7-10,15H,3-6,11-14H2,1-2H3,(H2,22,23,24);1H. The Bertz CT molecular complexity index is 752. The number of aromatic nitrogens is 3. The molecule has 2 aromatic rings. The van der Waals surface area contributed by atoms with E-state index in [0.29, 0.717) is 6.54 Å². The molecule has 0 spiro atoms. The lowest BCUT2D eigenvalue weighted by Gasteiger charge is -2.38. The minimum Gasteiger partial charge on any atom is -0.357 e. The maximum atomic E-state index is 13.4. The first-order chi connectivity index (χ1) is 13.1. The first kappa shape index (κ1) is 22.6. The molecule has 1 fully saturated rings. The van der Waals surface area contributed by atoms with Crippen LogP contribution in [0.2, 0.25) is 0 Å². The number of halogens is 2. The van der Waals surface area contributed by atoms with E-state index >= 15 is 0 Å². The molecule has 6 nitrogen and oxygen atoms in total. The summed E-state index contributed by atoms with van der Waals surface area (Å²) in [6, 6.07) is 7.01. The zero-order valence-electron chi connectivity index (χ0n) is 16.6. The summed E-state index contributed by atoms with van der Waals surface area (Å²) in [6.45, 7) is 4.09. The van der Waals surface area contributed by atoms with Gasteiger partial charge in [0.1, 0.15) is 24.5 Å². The molecular formula is C20H30FIN6. The Morgan fingerprint density at radius 3 is 2.50 bits per heavy atom. The maximum Gasteiger partial charge on any atom is 0.191 e. The van der Waals surface area contributed by atoms with Crippen molar-refractivity contribution in [2.24, 2.45) is 12.0 Å². The summed E-state index contributed by atoms with van der Waals surface area (Å²) < 4.78 is 15.1. The molecule has 1 aliphatic rings. The number of nitrogens with zero attached hydrogens (tertiary/aromatic N) is 4. The molecule has 154 valence electrons. The molecule has 1 aromatic carbocycles. The lowest BCUT2D eigenvalue weighted by atomic mass is 9.69. The van der Waals surface area contributed by atoms with E-state index in [1.54, 1.807) is 16.8 Å². The number of hydrogen-bond donors (Lipinski definition) is 2. The van der Waals surface area contributed by atoms with Crippen LogP contribution in [-0.2, 0) is 19.0 Å². The minimum atomic E-state index is -0.184. The third-order valence-corrected chi connectivity index (χ3v) is 5.39. The molecule has 0 unspecified atom stereocenters. The van der Waals surface area contributed by atoms with E-state index in [2.05, 4.69) is 32.6 Å². The van der Waals surface area contributed by atoms with Crippen LogP contribution in [0.25, 0.3) is 0 Å². The van der Waals surface area contributed by atoms with Gasteiger partial charge in [0.2, 0.25) is 0 Å². The highest BCUT2D eigenvalue weighted by Crippen LogP contribution is 2.39. The van der Waals surface area contributed by atoms with E-state index in [1.165, 1.54) is 31.2 Å². The number of guanidine groups is 1. The van der Waals surface area contributed by atoms with Crippen molar-refractivity contribution in [3.05, 3.63) is 47.8 Å². The van der Waals surface area contributed by atoms with Gasteiger partial charge in [0.25, 0.3) is 0 Å². The van der Waals surface area contributed by atoms with Crippen LogP contribution in [0.1, 0.15) is 50.4 Å². The Balaban J connectivity index is 0.00000280. The Morgan fingerprint density at radius 2 is 1.89 bits per heavy atom. The Morgan fingerprint density at radius 1 is 1.18 bits per heavy atom. The summed E-state index contributed by atoms with van der Waals surface area (Å²) in [5.74, 6) is 1.40. The summed E-state index contributed by atoms with van der Waals surface area (Å²) in [5, 5.41) is 10.9. The molecule has 0 atom stereocenters. The van der Waals surface area contributed by atoms with Crippen LogP contribution in [0.5, 0.6) is 0 Å². The van der Waals surface area contributed by atoms with E-state index in [-0.39, 0.29) is 35.2 Å². The predicted molar refractivity (Wildman–Crippen MR) is 120 cm³/mol. The summed E-state index contributed by atoms with van der Waals surface area (Å²) >= 11 is 0. The molecular weight excluding hydrogens is 470 g/mol. The lowest BCUT2D eigenvalue weighted by Crippen LogP contribution is -2.46. The molecule has 1 saturated carbocycles. The number of benzene rings is 1. The minimum absolute atomic E-state index is 0. The fourth-order valence-electron chi connectivity index (χ4n) is 3.81. The summed E-state index contributed by atoms with van der Waals surface area (Å²) in [4.78, 5) is 8.87. The van der Waals surface area contributed by atoms with E-state index in [1.807, 2.05) is 19.2 Å². The van der Waals surface area contributed by atoms with Crippen LogP contribution in [0.3, 0.4) is 0 Å². The first-order valence-corrected chi connectivity index (χ1v) is 9.74. The van der Waals surface area contributed by atoms with Crippen molar-refractivity contribution in [3.8, 4) is 0 Å². The predicted octanol–water partition coefficient (Wildman–Crippen LogP) is 3.53. The van der Waals surface area contributed by atoms with Gasteiger partial charge in [0, 0.05) is 25.6 Å². The molecule has 0 bridgehead atoms. The molecule has 0 amide bonds. The highest BCUT2D eigenvalue weighted by molar-refractivity contribution is 14.0. The number of hydrogen-bond acceptors (Lipinski definition) is 3. The summed E-state index contributed by atoms with van der Waals surface area (Å²) in [6.07, 6.45) is 7.42. The molecule has 0 radical (unpaired) electrons. The number of aliphatic imine (C=N–C) groups is 1. The van der Waals surface area contributed by atoms with Crippen molar-refractivity contribution in [2.45, 2.75) is 51.0 Å². The van der Waals surface area contributed by atoms with Gasteiger partial charge in [-0.15, -0.1) is 24.0 Å². The molecule has 0 saturated heterocycles. The molecule has 1 aromatic heterocycles. The molecule has 1 aliphatic carbocycles. The smallest absolute Gasteiger partial charge is 0.191 e. The number of rotatable bonds is 6. The third kappa shape index (κ3) is 5.65. The second kappa shape index (κ2) is 10.7. The van der Waals surface area contributed by atoms with Crippen molar-refractivity contribution in [2.75, 3.05) is 13.1 Å². The van der Waals surface area contributed by atoms with Crippen molar-refractivity contribution < 1.29 is 4.39 Å². The van der Waals surface area contributed by atoms with Gasteiger partial charge in [-0.05, 0) is 37.5 Å². The van der Waals surface area contributed by atoms with E-state index in [4.69, 9.17) is 0 Å². The van der Waals surface area contributed by atoms with Gasteiger partial charge in [-0.25, -0.2) is 14.4 Å². The topological polar surface area (TPSA) is 67.1 Å². The molecule has 28 heavy (non-hydrogen) atoms. The van der Waals surface area contributed by atoms with Crippen LogP contribution in [0.15, 0.2) is 35.6 Å². The first-order valence-electron chi connectivity index (χ1n) is 9.74. The zero-order valence-corrected chi connectivity index (χ0v) is 18.9. The van der Waals surface area contributed by atoms with Crippen LogP contribution in [0, 0.1) is 5.82 Å². The molecule has 8 heteroatoms. The van der Waals surface area contributed by atoms with Gasteiger partial charge in [-0.2, -0.15) is 5.10 Å². The summed E-state index contributed by atoms with van der Waals surface area (Å²) in [5.41, 5.74) is 1.23. The second-order valence-corrected chi connectivity index (χ2v) is 7.20. The van der Waals surface area contributed by atoms with Gasteiger partial charge in [-0.3, -0.25) is 4.68 Å². The SMILES string of the molecule is CCNC(=NCc1ncnn1C)NCC1(c2ccc(F)cc2)CCCCC1.I. The van der Waals surface area contributed by atoms with E-state index < -0.39 is 0 Å². The Hall–Kier alpha value is -1.71. The molecule has 0 aliphatic heterocycles. The van der Waals surface area contributed by atoms with Crippen molar-refractivity contribution in [1.82, 2.24) is 25.4 Å². The van der Waals surface area contributed by atoms with Crippen molar-refractivity contribution in [3.63, 3.8) is 0 Å².